The smallest absolute Gasteiger partial charge is 0.0482 e. The molecule has 104 valence electrons. The monoisotopic (exact) mass is 259 g/mol. The highest BCUT2D eigenvalue weighted by atomic mass is 15.2. The molecule has 2 N–H and O–H groups in total. The number of fused-ring (bicyclic) bond motifs is 1. The molecule has 0 bridgehead atoms. The highest BCUT2D eigenvalue weighted by molar-refractivity contribution is 5.31. The average Bonchev–Trinajstić information content (AvgIpc) is 3.06. The molecule has 2 aliphatic carbocycles. The van der Waals surface area contributed by atoms with E-state index in [1.54, 1.807) is 0 Å². The highest BCUT2D eigenvalue weighted by Gasteiger charge is 2.46. The maximum atomic E-state index is 6.75. The summed E-state index contributed by atoms with van der Waals surface area (Å²) in [5.74, 6) is 0.441. The lowest BCUT2D eigenvalue weighted by molar-refractivity contribution is 0.109. The molecule has 3 nitrogen and oxygen atoms in total. The van der Waals surface area contributed by atoms with E-state index in [-0.39, 0.29) is 11.6 Å². The van der Waals surface area contributed by atoms with Gasteiger partial charge in [0.2, 0.25) is 0 Å². The van der Waals surface area contributed by atoms with Crippen LogP contribution in [-0.2, 0) is 6.42 Å². The van der Waals surface area contributed by atoms with Gasteiger partial charge in [0, 0.05) is 29.4 Å². The Morgan fingerprint density at radius 1 is 1.37 bits per heavy atom. The highest BCUT2D eigenvalue weighted by Crippen LogP contribution is 2.44. The second-order valence-corrected chi connectivity index (χ2v) is 6.42. The fourth-order valence-corrected chi connectivity index (χ4v) is 4.23. The molecule has 1 fully saturated rings. The Labute approximate surface area is 116 Å². The predicted molar refractivity (Wildman–Crippen MR) is 78.2 cm³/mol. The second kappa shape index (κ2) is 4.88. The Bertz CT molecular complexity index is 449. The lowest BCUT2D eigenvalue weighted by Crippen LogP contribution is -2.57. The van der Waals surface area contributed by atoms with Crippen LogP contribution in [0.25, 0.3) is 0 Å². The van der Waals surface area contributed by atoms with Gasteiger partial charge in [0.15, 0.2) is 0 Å². The van der Waals surface area contributed by atoms with Gasteiger partial charge in [-0.25, -0.2) is 0 Å². The molecule has 1 aromatic rings. The van der Waals surface area contributed by atoms with E-state index in [0.29, 0.717) is 5.92 Å². The molecule has 0 spiro atoms. The van der Waals surface area contributed by atoms with E-state index in [9.17, 15) is 0 Å². The van der Waals surface area contributed by atoms with Crippen LogP contribution in [0.2, 0.25) is 0 Å². The molecule has 1 saturated carbocycles. The molecular weight excluding hydrogens is 234 g/mol. The summed E-state index contributed by atoms with van der Waals surface area (Å²) in [6.45, 7) is 0. The summed E-state index contributed by atoms with van der Waals surface area (Å²) in [6.07, 6.45) is 9.33. The number of aryl methyl sites for hydroxylation is 1. The van der Waals surface area contributed by atoms with Gasteiger partial charge in [-0.3, -0.25) is 4.98 Å². The Morgan fingerprint density at radius 2 is 2.11 bits per heavy atom. The molecule has 1 heterocycles. The summed E-state index contributed by atoms with van der Waals surface area (Å²) in [6, 6.07) is 4.47. The molecule has 0 saturated heterocycles. The molecule has 0 radical (unpaired) electrons. The molecule has 3 heteroatoms. The molecule has 2 atom stereocenters. The largest absolute Gasteiger partial charge is 0.326 e. The van der Waals surface area contributed by atoms with Crippen LogP contribution in [0, 0.1) is 0 Å². The molecule has 2 unspecified atom stereocenters. The van der Waals surface area contributed by atoms with Gasteiger partial charge in [0.25, 0.3) is 0 Å². The van der Waals surface area contributed by atoms with Crippen molar-refractivity contribution in [3.8, 4) is 0 Å². The average molecular weight is 259 g/mol. The lowest BCUT2D eigenvalue weighted by Gasteiger charge is -2.44. The Balaban J connectivity index is 1.90. The second-order valence-electron chi connectivity index (χ2n) is 6.42. The van der Waals surface area contributed by atoms with E-state index < -0.39 is 0 Å². The fraction of sp³-hybridized carbons (Fsp3) is 0.688. The summed E-state index contributed by atoms with van der Waals surface area (Å²) in [5.41, 5.74) is 9.62. The van der Waals surface area contributed by atoms with E-state index in [1.165, 1.54) is 43.4 Å². The number of aromatic nitrogens is 1. The number of nitrogens with two attached hydrogens (primary N) is 1. The van der Waals surface area contributed by atoms with Crippen LogP contribution in [0.5, 0.6) is 0 Å². The molecule has 3 rings (SSSR count). The molecule has 0 aliphatic heterocycles. The van der Waals surface area contributed by atoms with Crippen LogP contribution < -0.4 is 5.73 Å². The number of likely N-dealkylation sites (N-methyl/N-ethyl adjacent to an activating group) is 1. The molecule has 0 aromatic carbocycles. The maximum Gasteiger partial charge on any atom is 0.0482 e. The van der Waals surface area contributed by atoms with Gasteiger partial charge in [-0.1, -0.05) is 18.9 Å². The minimum atomic E-state index is 0.184. The topological polar surface area (TPSA) is 42.1 Å². The van der Waals surface area contributed by atoms with E-state index in [4.69, 9.17) is 5.73 Å². The standard InChI is InChI=1S/C16H25N3/c1-19(2)16(9-3-4-10-16)15(17)13-8-7-12-6-5-11-18-14(12)13/h5-6,11,13,15H,3-4,7-10,17H2,1-2H3. The van der Waals surface area contributed by atoms with Crippen molar-refractivity contribution in [2.75, 3.05) is 14.1 Å². The van der Waals surface area contributed by atoms with Crippen LogP contribution in [0.15, 0.2) is 18.3 Å². The van der Waals surface area contributed by atoms with Crippen molar-refractivity contribution >= 4 is 0 Å². The first-order chi connectivity index (χ1) is 9.15. The van der Waals surface area contributed by atoms with Crippen molar-refractivity contribution in [1.82, 2.24) is 9.88 Å². The van der Waals surface area contributed by atoms with Gasteiger partial charge < -0.3 is 10.6 Å². The summed E-state index contributed by atoms with van der Waals surface area (Å²) in [5, 5.41) is 0. The first-order valence-corrected chi connectivity index (χ1v) is 7.52. The van der Waals surface area contributed by atoms with E-state index in [2.05, 4.69) is 30.0 Å². The number of pyridine rings is 1. The number of nitrogens with zero attached hydrogens (tertiary/aromatic N) is 2. The van der Waals surface area contributed by atoms with E-state index >= 15 is 0 Å². The van der Waals surface area contributed by atoms with Crippen LogP contribution >= 0.6 is 0 Å². The fourth-order valence-electron chi connectivity index (χ4n) is 4.23. The minimum absolute atomic E-state index is 0.184. The molecule has 2 aliphatic rings. The van der Waals surface area contributed by atoms with Crippen molar-refractivity contribution in [2.45, 2.75) is 56.0 Å². The van der Waals surface area contributed by atoms with Crippen LogP contribution in [0.4, 0.5) is 0 Å². The third-order valence-corrected chi connectivity index (χ3v) is 5.42. The van der Waals surface area contributed by atoms with Crippen molar-refractivity contribution in [3.05, 3.63) is 29.6 Å². The molecule has 19 heavy (non-hydrogen) atoms. The van der Waals surface area contributed by atoms with Gasteiger partial charge in [-0.2, -0.15) is 0 Å². The first-order valence-electron chi connectivity index (χ1n) is 7.52. The number of rotatable bonds is 3. The summed E-state index contributed by atoms with van der Waals surface area (Å²) in [4.78, 5) is 7.01. The normalized spacial score (nSPS) is 26.6. The zero-order valence-corrected chi connectivity index (χ0v) is 12.1. The van der Waals surface area contributed by atoms with Crippen molar-refractivity contribution < 1.29 is 0 Å². The third kappa shape index (κ3) is 2.00. The van der Waals surface area contributed by atoms with Gasteiger partial charge in [0.05, 0.1) is 0 Å². The van der Waals surface area contributed by atoms with Crippen molar-refractivity contribution in [1.29, 1.82) is 0 Å². The van der Waals surface area contributed by atoms with Crippen molar-refractivity contribution in [2.24, 2.45) is 5.73 Å². The number of hydrogen-bond donors (Lipinski definition) is 1. The molecule has 0 amide bonds. The van der Waals surface area contributed by atoms with E-state index in [0.717, 1.165) is 6.42 Å². The number of hydrogen-bond acceptors (Lipinski definition) is 3. The van der Waals surface area contributed by atoms with Gasteiger partial charge >= 0.3 is 0 Å². The Hall–Kier alpha value is -0.930. The molecular formula is C16H25N3. The SMILES string of the molecule is CN(C)C1(C(N)C2CCc3cccnc32)CCCC1. The minimum Gasteiger partial charge on any atom is -0.326 e. The quantitative estimate of drug-likeness (QED) is 0.906. The lowest BCUT2D eigenvalue weighted by atomic mass is 9.78. The Kier molecular flexibility index (Phi) is 3.35. The zero-order chi connectivity index (χ0) is 13.5. The van der Waals surface area contributed by atoms with Gasteiger partial charge in [0.1, 0.15) is 0 Å². The first kappa shape index (κ1) is 13.1. The van der Waals surface area contributed by atoms with Crippen LogP contribution in [-0.4, -0.2) is 35.6 Å². The summed E-state index contributed by atoms with van der Waals surface area (Å²) in [7, 11) is 4.39. The third-order valence-electron chi connectivity index (χ3n) is 5.42. The van der Waals surface area contributed by atoms with Gasteiger partial charge in [-0.15, -0.1) is 0 Å². The van der Waals surface area contributed by atoms with E-state index in [1.807, 2.05) is 12.3 Å². The van der Waals surface area contributed by atoms with Crippen molar-refractivity contribution in [3.63, 3.8) is 0 Å². The molecule has 1 aromatic heterocycles. The Morgan fingerprint density at radius 3 is 2.79 bits per heavy atom. The summed E-state index contributed by atoms with van der Waals surface area (Å²) < 4.78 is 0. The predicted octanol–water partition coefficient (Wildman–Crippen LogP) is 2.31. The maximum absolute atomic E-state index is 6.75. The van der Waals surface area contributed by atoms with Crippen LogP contribution in [0.1, 0.15) is 49.3 Å². The summed E-state index contributed by atoms with van der Waals surface area (Å²) >= 11 is 0. The van der Waals surface area contributed by atoms with Crippen LogP contribution in [0.3, 0.4) is 0 Å². The zero-order valence-electron chi connectivity index (χ0n) is 12.1. The van der Waals surface area contributed by atoms with Gasteiger partial charge in [-0.05, 0) is 51.4 Å².